The van der Waals surface area contributed by atoms with Gasteiger partial charge in [-0.1, -0.05) is 29.8 Å². The molecule has 5 nitrogen and oxygen atoms in total. The van der Waals surface area contributed by atoms with Crippen LogP contribution in [0.25, 0.3) is 0 Å². The zero-order valence-corrected chi connectivity index (χ0v) is 14.2. The summed E-state index contributed by atoms with van der Waals surface area (Å²) in [6.07, 6.45) is 3.59. The van der Waals surface area contributed by atoms with E-state index in [-0.39, 0.29) is 5.91 Å². The Bertz CT molecular complexity index is 538. The van der Waals surface area contributed by atoms with Crippen LogP contribution in [-0.4, -0.2) is 43.4 Å². The molecular weight excluding hydrogens is 288 g/mol. The van der Waals surface area contributed by atoms with Crippen LogP contribution < -0.4 is 11.1 Å². The van der Waals surface area contributed by atoms with Crippen LogP contribution in [-0.2, 0) is 11.2 Å². The fourth-order valence-corrected chi connectivity index (χ4v) is 3.11. The van der Waals surface area contributed by atoms with E-state index < -0.39 is 0 Å². The molecule has 23 heavy (non-hydrogen) atoms. The van der Waals surface area contributed by atoms with Crippen molar-refractivity contribution in [1.82, 2.24) is 10.2 Å². The fourth-order valence-electron chi connectivity index (χ4n) is 3.11. The molecule has 1 amide bonds. The van der Waals surface area contributed by atoms with Crippen molar-refractivity contribution in [2.24, 2.45) is 16.6 Å². The van der Waals surface area contributed by atoms with Crippen molar-refractivity contribution in [1.29, 1.82) is 0 Å². The van der Waals surface area contributed by atoms with Gasteiger partial charge in [-0.15, -0.1) is 0 Å². The van der Waals surface area contributed by atoms with Crippen LogP contribution in [0.15, 0.2) is 29.3 Å². The van der Waals surface area contributed by atoms with E-state index in [9.17, 15) is 4.79 Å². The molecule has 3 N–H and O–H groups in total. The normalized spacial score (nSPS) is 18.8. The minimum atomic E-state index is -0.209. The third kappa shape index (κ3) is 5.58. The average molecular weight is 316 g/mol. The van der Waals surface area contributed by atoms with Crippen LogP contribution in [0.4, 0.5) is 0 Å². The Kier molecular flexibility index (Phi) is 6.44. The number of nitrogens with two attached hydrogens (primary N) is 1. The van der Waals surface area contributed by atoms with E-state index in [4.69, 9.17) is 5.73 Å². The molecule has 1 atom stereocenters. The van der Waals surface area contributed by atoms with Crippen molar-refractivity contribution in [2.45, 2.75) is 32.6 Å². The molecule has 1 aromatic rings. The van der Waals surface area contributed by atoms with Crippen LogP contribution in [0, 0.1) is 12.8 Å². The number of hydrogen-bond donors (Lipinski definition) is 2. The van der Waals surface area contributed by atoms with Crippen LogP contribution in [0.5, 0.6) is 0 Å². The van der Waals surface area contributed by atoms with Gasteiger partial charge in [0, 0.05) is 33.1 Å². The number of primary amides is 1. The third-order valence-electron chi connectivity index (χ3n) is 4.34. The zero-order valence-electron chi connectivity index (χ0n) is 14.2. The van der Waals surface area contributed by atoms with Crippen molar-refractivity contribution in [3.8, 4) is 0 Å². The predicted octanol–water partition coefficient (Wildman–Crippen LogP) is 1.70. The maximum Gasteiger partial charge on any atom is 0.217 e. The molecule has 126 valence electrons. The van der Waals surface area contributed by atoms with Crippen LogP contribution in [0.3, 0.4) is 0 Å². The Labute approximate surface area is 139 Å². The number of hydrogen-bond acceptors (Lipinski definition) is 2. The summed E-state index contributed by atoms with van der Waals surface area (Å²) >= 11 is 0. The first kappa shape index (κ1) is 17.3. The number of aryl methyl sites for hydroxylation is 1. The third-order valence-corrected chi connectivity index (χ3v) is 4.34. The Morgan fingerprint density at radius 3 is 2.78 bits per heavy atom. The molecule has 2 rings (SSSR count). The number of amides is 1. The first-order valence-corrected chi connectivity index (χ1v) is 8.38. The van der Waals surface area contributed by atoms with Gasteiger partial charge < -0.3 is 16.0 Å². The van der Waals surface area contributed by atoms with E-state index in [1.807, 2.05) is 7.05 Å². The van der Waals surface area contributed by atoms with E-state index in [0.29, 0.717) is 12.3 Å². The predicted molar refractivity (Wildman–Crippen MR) is 94.4 cm³/mol. The first-order chi connectivity index (χ1) is 11.1. The highest BCUT2D eigenvalue weighted by Crippen LogP contribution is 2.19. The van der Waals surface area contributed by atoms with Gasteiger partial charge in [-0.2, -0.15) is 0 Å². The Morgan fingerprint density at radius 1 is 1.39 bits per heavy atom. The number of carbonyl (C=O) groups is 1. The second kappa shape index (κ2) is 8.56. The molecule has 0 bridgehead atoms. The maximum absolute atomic E-state index is 11.1. The number of nitrogens with one attached hydrogen (secondary N) is 1. The SMILES string of the molecule is CN=C(NCCc1ccc(C)cc1)N1CCCC(CC(N)=O)C1. The number of benzene rings is 1. The molecule has 0 aliphatic carbocycles. The van der Waals surface area contributed by atoms with E-state index in [1.165, 1.54) is 11.1 Å². The number of likely N-dealkylation sites (tertiary alicyclic amines) is 1. The number of nitrogens with zero attached hydrogens (tertiary/aromatic N) is 2. The lowest BCUT2D eigenvalue weighted by molar-refractivity contribution is -0.119. The molecule has 1 aliphatic heterocycles. The molecule has 0 spiro atoms. The van der Waals surface area contributed by atoms with Gasteiger partial charge in [-0.25, -0.2) is 0 Å². The number of guanidine groups is 1. The monoisotopic (exact) mass is 316 g/mol. The van der Waals surface area contributed by atoms with Crippen molar-refractivity contribution < 1.29 is 4.79 Å². The van der Waals surface area contributed by atoms with E-state index in [1.54, 1.807) is 0 Å². The largest absolute Gasteiger partial charge is 0.370 e. The van der Waals surface area contributed by atoms with Crippen molar-refractivity contribution in [2.75, 3.05) is 26.7 Å². The molecule has 0 saturated carbocycles. The molecule has 1 aliphatic rings. The Morgan fingerprint density at radius 2 is 2.13 bits per heavy atom. The van der Waals surface area contributed by atoms with E-state index in [0.717, 1.165) is 44.9 Å². The van der Waals surface area contributed by atoms with Gasteiger partial charge in [-0.3, -0.25) is 9.79 Å². The van der Waals surface area contributed by atoms with Gasteiger partial charge in [0.2, 0.25) is 5.91 Å². The zero-order chi connectivity index (χ0) is 16.7. The number of carbonyl (C=O) groups excluding carboxylic acids is 1. The maximum atomic E-state index is 11.1. The van der Waals surface area contributed by atoms with Crippen LogP contribution >= 0.6 is 0 Å². The quantitative estimate of drug-likeness (QED) is 0.641. The van der Waals surface area contributed by atoms with E-state index in [2.05, 4.69) is 46.4 Å². The number of rotatable bonds is 5. The van der Waals surface area contributed by atoms with Crippen LogP contribution in [0.2, 0.25) is 0 Å². The molecule has 5 heteroatoms. The lowest BCUT2D eigenvalue weighted by atomic mass is 9.95. The number of piperidine rings is 1. The number of aliphatic imine (C=N–C) groups is 1. The summed E-state index contributed by atoms with van der Waals surface area (Å²) in [6, 6.07) is 8.62. The molecular formula is C18H28N4O. The standard InChI is InChI=1S/C18H28N4O/c1-14-5-7-15(8-6-14)9-10-21-18(20-2)22-11-3-4-16(13-22)12-17(19)23/h5-8,16H,3-4,9-13H2,1-2H3,(H2,19,23)(H,20,21). The molecule has 1 unspecified atom stereocenters. The van der Waals surface area contributed by atoms with E-state index >= 15 is 0 Å². The molecule has 0 aromatic heterocycles. The molecule has 1 heterocycles. The van der Waals surface area contributed by atoms with Crippen molar-refractivity contribution in [3.63, 3.8) is 0 Å². The average Bonchev–Trinajstić information content (AvgIpc) is 2.53. The highest BCUT2D eigenvalue weighted by molar-refractivity contribution is 5.80. The molecule has 1 aromatic carbocycles. The lowest BCUT2D eigenvalue weighted by Gasteiger charge is -2.34. The van der Waals surface area contributed by atoms with Crippen molar-refractivity contribution in [3.05, 3.63) is 35.4 Å². The lowest BCUT2D eigenvalue weighted by Crippen LogP contribution is -2.47. The molecule has 1 saturated heterocycles. The van der Waals surface area contributed by atoms with Crippen molar-refractivity contribution >= 4 is 11.9 Å². The second-order valence-electron chi connectivity index (χ2n) is 6.33. The topological polar surface area (TPSA) is 70.7 Å². The summed E-state index contributed by atoms with van der Waals surface area (Å²) in [5, 5.41) is 3.44. The highest BCUT2D eigenvalue weighted by atomic mass is 16.1. The molecule has 0 radical (unpaired) electrons. The van der Waals surface area contributed by atoms with Gasteiger partial charge in [0.25, 0.3) is 0 Å². The second-order valence-corrected chi connectivity index (χ2v) is 6.33. The first-order valence-electron chi connectivity index (χ1n) is 8.38. The smallest absolute Gasteiger partial charge is 0.217 e. The minimum absolute atomic E-state index is 0.209. The van der Waals surface area contributed by atoms with Crippen LogP contribution in [0.1, 0.15) is 30.4 Å². The van der Waals surface area contributed by atoms with Gasteiger partial charge in [0.15, 0.2) is 5.96 Å². The minimum Gasteiger partial charge on any atom is -0.370 e. The summed E-state index contributed by atoms with van der Waals surface area (Å²) in [4.78, 5) is 17.8. The molecule has 1 fully saturated rings. The summed E-state index contributed by atoms with van der Waals surface area (Å²) in [6.45, 7) is 4.79. The Hall–Kier alpha value is -2.04. The summed E-state index contributed by atoms with van der Waals surface area (Å²) in [7, 11) is 1.81. The van der Waals surface area contributed by atoms with Gasteiger partial charge >= 0.3 is 0 Å². The summed E-state index contributed by atoms with van der Waals surface area (Å²) in [5.74, 6) is 1.06. The highest BCUT2D eigenvalue weighted by Gasteiger charge is 2.23. The summed E-state index contributed by atoms with van der Waals surface area (Å²) < 4.78 is 0. The fraction of sp³-hybridized carbons (Fsp3) is 0.556. The van der Waals surface area contributed by atoms with Gasteiger partial charge in [0.05, 0.1) is 0 Å². The van der Waals surface area contributed by atoms with Gasteiger partial charge in [0.1, 0.15) is 0 Å². The van der Waals surface area contributed by atoms with Gasteiger partial charge in [-0.05, 0) is 37.7 Å². The summed E-state index contributed by atoms with van der Waals surface area (Å²) in [5.41, 5.74) is 7.94. The Balaban J connectivity index is 1.82.